The number of carbonyl (C=O) groups excluding carboxylic acids is 4. The van der Waals surface area contributed by atoms with Gasteiger partial charge in [-0.05, 0) is 112 Å². The monoisotopic (exact) mass is 1250 g/mol. The fraction of sp³-hybridized carbons (Fsp3) is 0.524. The summed E-state index contributed by atoms with van der Waals surface area (Å²) in [5.74, 6) is -1.89. The summed E-state index contributed by atoms with van der Waals surface area (Å²) in [6.07, 6.45) is 7.80. The summed E-state index contributed by atoms with van der Waals surface area (Å²) in [6.45, 7) is 9.37. The number of carbonyl (C=O) groups is 4. The standard InChI is InChI=1S/C63H85F2N13O10S/c1-73(24-5-6-31-87-54-16-7-47(8-17-54)11-20-57(79)78(43-49-21-23-63(64,65)40-49)59(56-42-66-46-75(56)3)60(81)67-41-48-9-14-53(83-4)15-10-48)29-33-85-36-35-84-32-22-51-44-77(72-71-51)30-34-86-37-38-88-55-18-12-50(13-19-55)68-61(82)70-62-69-52(45-89-62)39-58(80)76-27-25-74(2)26-28-76/h7-10,12-19,42,44-46,49,59H,5-6,11,20-41,43H2,1-4H3,(H,67,81)(H2,68,69,70,82). The van der Waals surface area contributed by atoms with Crippen molar-refractivity contribution < 1.29 is 56.4 Å². The van der Waals surface area contributed by atoms with Crippen LogP contribution in [0.25, 0.3) is 0 Å². The van der Waals surface area contributed by atoms with Crippen LogP contribution in [-0.2, 0) is 68.0 Å². The highest BCUT2D eigenvalue weighted by atomic mass is 32.1. The number of ether oxygens (including phenoxy) is 6. The molecule has 5 amide bonds. The van der Waals surface area contributed by atoms with Crippen LogP contribution in [0.3, 0.4) is 0 Å². The van der Waals surface area contributed by atoms with Gasteiger partial charge in [0.25, 0.3) is 0 Å². The van der Waals surface area contributed by atoms with Crippen LogP contribution < -0.4 is 30.2 Å². The zero-order valence-electron chi connectivity index (χ0n) is 51.5. The smallest absolute Gasteiger partial charge is 0.325 e. The summed E-state index contributed by atoms with van der Waals surface area (Å²) in [7, 11) is 7.44. The summed E-state index contributed by atoms with van der Waals surface area (Å²) in [4.78, 5) is 70.0. The summed E-state index contributed by atoms with van der Waals surface area (Å²) >= 11 is 1.28. The number of rotatable bonds is 37. The number of halogens is 2. The van der Waals surface area contributed by atoms with Gasteiger partial charge < -0.3 is 63.2 Å². The Morgan fingerprint density at radius 1 is 0.775 bits per heavy atom. The van der Waals surface area contributed by atoms with Crippen molar-refractivity contribution in [3.8, 4) is 17.2 Å². The highest BCUT2D eigenvalue weighted by molar-refractivity contribution is 7.14. The molecule has 2 unspecified atom stereocenters. The number of nitrogens with one attached hydrogen (secondary N) is 3. The molecule has 8 rings (SSSR count). The van der Waals surface area contributed by atoms with Crippen LogP contribution in [0.4, 0.5) is 24.4 Å². The summed E-state index contributed by atoms with van der Waals surface area (Å²) in [5.41, 5.74) is 4.29. The Kier molecular flexibility index (Phi) is 26.4. The highest BCUT2D eigenvalue weighted by Crippen LogP contribution is 2.40. The number of unbranched alkanes of at least 4 members (excludes halogenated alkanes) is 1. The fourth-order valence-electron chi connectivity index (χ4n) is 10.3. The van der Waals surface area contributed by atoms with Gasteiger partial charge in [0.05, 0.1) is 95.9 Å². The molecule has 1 saturated heterocycles. The van der Waals surface area contributed by atoms with Gasteiger partial charge in [-0.25, -0.2) is 28.2 Å². The molecule has 23 nitrogen and oxygen atoms in total. The maximum absolute atomic E-state index is 14.5. The first-order chi connectivity index (χ1) is 43.1. The van der Waals surface area contributed by atoms with Crippen LogP contribution >= 0.6 is 11.3 Å². The Bertz CT molecular complexity index is 3110. The molecule has 6 aromatic rings. The van der Waals surface area contributed by atoms with E-state index in [1.807, 2.05) is 54.5 Å². The molecule has 3 aromatic carbocycles. The first kappa shape index (κ1) is 67.3. The van der Waals surface area contributed by atoms with Crippen LogP contribution in [0.15, 0.2) is 96.9 Å². The molecule has 89 heavy (non-hydrogen) atoms. The number of aryl methyl sites for hydroxylation is 2. The minimum Gasteiger partial charge on any atom is -0.497 e. The Hall–Kier alpha value is -7.62. The molecule has 1 saturated carbocycles. The summed E-state index contributed by atoms with van der Waals surface area (Å²) in [5, 5.41) is 19.2. The average Bonchev–Trinajstić information content (AvgIpc) is 2.26. The molecule has 0 spiro atoms. The predicted molar refractivity (Wildman–Crippen MR) is 332 cm³/mol. The predicted octanol–water partition coefficient (Wildman–Crippen LogP) is 7.15. The van der Waals surface area contributed by atoms with Gasteiger partial charge in [0.15, 0.2) is 11.2 Å². The summed E-state index contributed by atoms with van der Waals surface area (Å²) in [6, 6.07) is 20.4. The molecule has 3 aromatic heterocycles. The van der Waals surface area contributed by atoms with E-state index in [1.54, 1.807) is 77.7 Å². The van der Waals surface area contributed by atoms with E-state index in [9.17, 15) is 28.0 Å². The lowest BCUT2D eigenvalue weighted by atomic mass is 10.0. The molecule has 482 valence electrons. The summed E-state index contributed by atoms with van der Waals surface area (Å²) < 4.78 is 66.8. The number of methoxy groups -OCH3 is 1. The van der Waals surface area contributed by atoms with Crippen LogP contribution in [0.1, 0.15) is 72.8 Å². The van der Waals surface area contributed by atoms with E-state index in [0.717, 1.165) is 61.6 Å². The lowest BCUT2D eigenvalue weighted by Crippen LogP contribution is -2.47. The average molecular weight is 1250 g/mol. The fourth-order valence-corrected chi connectivity index (χ4v) is 11.0. The minimum atomic E-state index is -2.81. The first-order valence-corrected chi connectivity index (χ1v) is 31.3. The lowest BCUT2D eigenvalue weighted by Gasteiger charge is -2.33. The molecule has 0 radical (unpaired) electrons. The number of thiazole rings is 1. The first-order valence-electron chi connectivity index (χ1n) is 30.4. The molecule has 1 aliphatic heterocycles. The third kappa shape index (κ3) is 22.7. The van der Waals surface area contributed by atoms with Crippen LogP contribution in [0, 0.1) is 5.92 Å². The number of urea groups is 1. The second-order valence-corrected chi connectivity index (χ2v) is 23.3. The van der Waals surface area contributed by atoms with E-state index < -0.39 is 29.8 Å². The van der Waals surface area contributed by atoms with Crippen LogP contribution in [0.2, 0.25) is 0 Å². The maximum Gasteiger partial charge on any atom is 0.325 e. The molecule has 2 fully saturated rings. The number of hydrogen-bond donors (Lipinski definition) is 3. The van der Waals surface area contributed by atoms with Gasteiger partial charge >= 0.3 is 6.03 Å². The molecular weight excluding hydrogens is 1170 g/mol. The van der Waals surface area contributed by atoms with Crippen molar-refractivity contribution in [2.45, 2.75) is 82.8 Å². The van der Waals surface area contributed by atoms with Gasteiger partial charge in [-0.3, -0.25) is 19.7 Å². The normalized spacial score (nSPS) is 15.2. The Labute approximate surface area is 523 Å². The molecule has 2 aliphatic rings. The van der Waals surface area contributed by atoms with Gasteiger partial charge in [0, 0.05) is 95.8 Å². The van der Waals surface area contributed by atoms with E-state index in [0.29, 0.717) is 119 Å². The van der Waals surface area contributed by atoms with E-state index in [-0.39, 0.29) is 57.0 Å². The number of amides is 5. The highest BCUT2D eigenvalue weighted by Gasteiger charge is 2.43. The Morgan fingerprint density at radius 3 is 2.19 bits per heavy atom. The third-order valence-electron chi connectivity index (χ3n) is 15.5. The van der Waals surface area contributed by atoms with Gasteiger partial charge in [-0.15, -0.1) is 16.4 Å². The second-order valence-electron chi connectivity index (χ2n) is 22.4. The number of likely N-dealkylation sites (N-methyl/N-ethyl adjacent to an activating group) is 2. The van der Waals surface area contributed by atoms with E-state index in [2.05, 4.69) is 53.1 Å². The molecular formula is C63H85F2N13O10S. The van der Waals surface area contributed by atoms with Crippen LogP contribution in [0.5, 0.6) is 17.2 Å². The number of aromatic nitrogens is 6. The molecule has 26 heteroatoms. The maximum atomic E-state index is 14.5. The number of piperazine rings is 1. The van der Waals surface area contributed by atoms with Crippen molar-refractivity contribution in [3.05, 3.63) is 125 Å². The van der Waals surface area contributed by atoms with Gasteiger partial charge in [-0.1, -0.05) is 29.5 Å². The number of benzene rings is 3. The van der Waals surface area contributed by atoms with Gasteiger partial charge in [0.2, 0.25) is 23.6 Å². The molecule has 3 N–H and O–H groups in total. The van der Waals surface area contributed by atoms with Gasteiger partial charge in [-0.2, -0.15) is 0 Å². The largest absolute Gasteiger partial charge is 0.497 e. The quantitative estimate of drug-likeness (QED) is 0.0329. The van der Waals surface area contributed by atoms with Crippen molar-refractivity contribution >= 4 is 45.9 Å². The number of alkyl halides is 2. The number of nitrogens with zero attached hydrogens (tertiary/aromatic N) is 10. The van der Waals surface area contributed by atoms with Crippen molar-refractivity contribution in [2.75, 3.05) is 131 Å². The Morgan fingerprint density at radius 2 is 1.47 bits per heavy atom. The molecule has 2 atom stereocenters. The van der Waals surface area contributed by atoms with Gasteiger partial charge in [0.1, 0.15) is 23.9 Å². The SMILES string of the molecule is COc1ccc(CNC(=O)C(c2cncn2C)N(CC2CCC(F)(F)C2)C(=O)CCc2ccc(OCCCCN(C)CCOCCOCCc3cn(CCOCCOc4ccc(NC(=O)Nc5nc(CC(=O)N6CCN(C)CC6)cs5)cc4)nn3)cc2)cc1. The minimum absolute atomic E-state index is 0.0247. The number of hydrogen-bond acceptors (Lipinski definition) is 17. The number of anilines is 2. The van der Waals surface area contributed by atoms with Crippen molar-refractivity contribution in [3.63, 3.8) is 0 Å². The lowest BCUT2D eigenvalue weighted by molar-refractivity contribution is -0.142. The number of imidazole rings is 1. The zero-order valence-corrected chi connectivity index (χ0v) is 52.3. The van der Waals surface area contributed by atoms with Crippen molar-refractivity contribution in [1.82, 2.24) is 54.4 Å². The van der Waals surface area contributed by atoms with Crippen molar-refractivity contribution in [2.24, 2.45) is 13.0 Å². The molecule has 0 bridgehead atoms. The topological polar surface area (TPSA) is 234 Å². The van der Waals surface area contributed by atoms with Crippen molar-refractivity contribution in [1.29, 1.82) is 0 Å². The molecule has 1 aliphatic carbocycles. The van der Waals surface area contributed by atoms with E-state index in [4.69, 9.17) is 28.4 Å². The Balaban J connectivity index is 0.621. The molecule has 4 heterocycles. The van der Waals surface area contributed by atoms with E-state index in [1.165, 1.54) is 16.2 Å². The zero-order chi connectivity index (χ0) is 62.8. The van der Waals surface area contributed by atoms with Crippen LogP contribution in [-0.4, -0.2) is 199 Å². The third-order valence-corrected chi connectivity index (χ3v) is 16.3. The second kappa shape index (κ2) is 35.0. The van der Waals surface area contributed by atoms with E-state index >= 15 is 0 Å².